The Morgan fingerprint density at radius 2 is 2.00 bits per heavy atom. The highest BCUT2D eigenvalue weighted by molar-refractivity contribution is 8.02. The van der Waals surface area contributed by atoms with Crippen molar-refractivity contribution in [2.24, 2.45) is 0 Å². The molecule has 1 heterocycles. The summed E-state index contributed by atoms with van der Waals surface area (Å²) in [7, 11) is 0. The Labute approximate surface area is 71.3 Å². The van der Waals surface area contributed by atoms with Crippen LogP contribution in [-0.4, -0.2) is 0 Å². The van der Waals surface area contributed by atoms with Gasteiger partial charge in [0.2, 0.25) is 0 Å². The molecular formula is C10H10S. The molecule has 0 spiro atoms. The molecule has 0 nitrogen and oxygen atoms in total. The number of hydrogen-bond donors (Lipinski definition) is 0. The van der Waals surface area contributed by atoms with Crippen LogP contribution in [0.15, 0.2) is 41.8 Å². The zero-order valence-electron chi connectivity index (χ0n) is 6.23. The summed E-state index contributed by atoms with van der Waals surface area (Å²) in [6.07, 6.45) is 3.43. The first-order chi connectivity index (χ1) is 5.47. The van der Waals surface area contributed by atoms with Gasteiger partial charge in [0, 0.05) is 5.25 Å². The molecule has 0 saturated carbocycles. The molecule has 0 bridgehead atoms. The van der Waals surface area contributed by atoms with E-state index in [9.17, 15) is 0 Å². The first-order valence-electron chi connectivity index (χ1n) is 3.82. The third kappa shape index (κ3) is 1.48. The topological polar surface area (TPSA) is 0 Å². The van der Waals surface area contributed by atoms with Gasteiger partial charge >= 0.3 is 0 Å². The van der Waals surface area contributed by atoms with Gasteiger partial charge in [-0.15, -0.1) is 11.8 Å². The van der Waals surface area contributed by atoms with Crippen LogP contribution in [0.4, 0.5) is 0 Å². The summed E-state index contributed by atoms with van der Waals surface area (Å²) in [4.78, 5) is 0. The summed E-state index contributed by atoms with van der Waals surface area (Å²) in [6.45, 7) is 0. The molecular weight excluding hydrogens is 152 g/mol. The van der Waals surface area contributed by atoms with Crippen molar-refractivity contribution in [2.45, 2.75) is 11.7 Å². The maximum Gasteiger partial charge on any atom is 0.0373 e. The minimum absolute atomic E-state index is 0.677. The zero-order chi connectivity index (χ0) is 7.52. The van der Waals surface area contributed by atoms with Crippen molar-refractivity contribution in [3.8, 4) is 0 Å². The van der Waals surface area contributed by atoms with Crippen molar-refractivity contribution < 1.29 is 0 Å². The molecule has 0 N–H and O–H groups in total. The van der Waals surface area contributed by atoms with Crippen molar-refractivity contribution >= 4 is 11.8 Å². The van der Waals surface area contributed by atoms with E-state index in [1.54, 1.807) is 0 Å². The maximum absolute atomic E-state index is 2.24. The van der Waals surface area contributed by atoms with E-state index in [2.05, 4.69) is 41.8 Å². The van der Waals surface area contributed by atoms with Crippen LogP contribution in [0.3, 0.4) is 0 Å². The lowest BCUT2D eigenvalue weighted by Gasteiger charge is -2.06. The quantitative estimate of drug-likeness (QED) is 0.610. The van der Waals surface area contributed by atoms with Crippen LogP contribution >= 0.6 is 11.8 Å². The SMILES string of the molecule is C1=CSC(c2ccccc2)C1. The summed E-state index contributed by atoms with van der Waals surface area (Å²) in [6, 6.07) is 10.7. The molecule has 11 heavy (non-hydrogen) atoms. The Kier molecular flexibility index (Phi) is 1.99. The molecule has 0 amide bonds. The van der Waals surface area contributed by atoms with E-state index >= 15 is 0 Å². The molecule has 1 atom stereocenters. The van der Waals surface area contributed by atoms with Gasteiger partial charge in [-0.2, -0.15) is 0 Å². The van der Waals surface area contributed by atoms with Crippen LogP contribution in [0.1, 0.15) is 17.2 Å². The van der Waals surface area contributed by atoms with Crippen molar-refractivity contribution in [1.82, 2.24) is 0 Å². The van der Waals surface area contributed by atoms with Gasteiger partial charge in [0.25, 0.3) is 0 Å². The predicted octanol–water partition coefficient (Wildman–Crippen LogP) is 3.38. The fraction of sp³-hybridized carbons (Fsp3) is 0.200. The van der Waals surface area contributed by atoms with E-state index in [1.165, 1.54) is 12.0 Å². The molecule has 1 heteroatoms. The highest BCUT2D eigenvalue weighted by Gasteiger charge is 2.11. The van der Waals surface area contributed by atoms with Gasteiger partial charge in [-0.25, -0.2) is 0 Å². The average molecular weight is 162 g/mol. The average Bonchev–Trinajstić information content (AvgIpc) is 2.58. The number of rotatable bonds is 1. The zero-order valence-corrected chi connectivity index (χ0v) is 7.05. The highest BCUT2D eigenvalue weighted by atomic mass is 32.2. The van der Waals surface area contributed by atoms with Crippen LogP contribution in [0.5, 0.6) is 0 Å². The third-order valence-electron chi connectivity index (χ3n) is 1.86. The molecule has 1 aliphatic rings. The maximum atomic E-state index is 2.24. The molecule has 0 radical (unpaired) electrons. The lowest BCUT2D eigenvalue weighted by molar-refractivity contribution is 0.991. The van der Waals surface area contributed by atoms with Gasteiger partial charge in [-0.3, -0.25) is 0 Å². The van der Waals surface area contributed by atoms with Gasteiger partial charge in [0.1, 0.15) is 0 Å². The van der Waals surface area contributed by atoms with Gasteiger partial charge < -0.3 is 0 Å². The van der Waals surface area contributed by atoms with E-state index in [1.807, 2.05) is 11.8 Å². The van der Waals surface area contributed by atoms with Gasteiger partial charge in [0.05, 0.1) is 0 Å². The second-order valence-corrected chi connectivity index (χ2v) is 3.76. The first kappa shape index (κ1) is 6.99. The Morgan fingerprint density at radius 1 is 1.18 bits per heavy atom. The minimum atomic E-state index is 0.677. The largest absolute Gasteiger partial charge is 0.126 e. The van der Waals surface area contributed by atoms with Gasteiger partial charge in [0.15, 0.2) is 0 Å². The molecule has 1 unspecified atom stereocenters. The summed E-state index contributed by atoms with van der Waals surface area (Å²) < 4.78 is 0. The van der Waals surface area contributed by atoms with Crippen LogP contribution in [0.2, 0.25) is 0 Å². The van der Waals surface area contributed by atoms with Crippen LogP contribution in [-0.2, 0) is 0 Å². The Bertz CT molecular complexity index is 243. The number of hydrogen-bond acceptors (Lipinski definition) is 1. The summed E-state index contributed by atoms with van der Waals surface area (Å²) in [5, 5.41) is 2.87. The number of thioether (sulfide) groups is 1. The van der Waals surface area contributed by atoms with Gasteiger partial charge in [-0.1, -0.05) is 36.4 Å². The van der Waals surface area contributed by atoms with Crippen molar-refractivity contribution in [1.29, 1.82) is 0 Å². The van der Waals surface area contributed by atoms with E-state index in [4.69, 9.17) is 0 Å². The normalized spacial score (nSPS) is 22.4. The number of benzene rings is 1. The Morgan fingerprint density at radius 3 is 2.64 bits per heavy atom. The van der Waals surface area contributed by atoms with E-state index in [0.717, 1.165) is 0 Å². The molecule has 0 aliphatic carbocycles. The molecule has 1 aliphatic heterocycles. The highest BCUT2D eigenvalue weighted by Crippen LogP contribution is 2.37. The van der Waals surface area contributed by atoms with E-state index < -0.39 is 0 Å². The van der Waals surface area contributed by atoms with Gasteiger partial charge in [-0.05, 0) is 17.4 Å². The fourth-order valence-electron chi connectivity index (χ4n) is 1.27. The molecule has 1 aromatic rings. The summed E-state index contributed by atoms with van der Waals surface area (Å²) in [5.41, 5.74) is 1.45. The molecule has 56 valence electrons. The summed E-state index contributed by atoms with van der Waals surface area (Å²) >= 11 is 1.91. The number of allylic oxidation sites excluding steroid dienone is 1. The second kappa shape index (κ2) is 3.14. The molecule has 0 aromatic heterocycles. The molecule has 0 fully saturated rings. The monoisotopic (exact) mass is 162 g/mol. The third-order valence-corrected chi connectivity index (χ3v) is 3.00. The lowest BCUT2D eigenvalue weighted by atomic mass is 10.1. The van der Waals surface area contributed by atoms with Crippen LogP contribution < -0.4 is 0 Å². The van der Waals surface area contributed by atoms with Crippen molar-refractivity contribution in [3.05, 3.63) is 47.4 Å². The van der Waals surface area contributed by atoms with E-state index in [-0.39, 0.29) is 0 Å². The molecule has 0 saturated heterocycles. The van der Waals surface area contributed by atoms with E-state index in [0.29, 0.717) is 5.25 Å². The Balaban J connectivity index is 2.17. The minimum Gasteiger partial charge on any atom is -0.126 e. The van der Waals surface area contributed by atoms with Crippen molar-refractivity contribution in [2.75, 3.05) is 0 Å². The Hall–Kier alpha value is -0.690. The fourth-order valence-corrected chi connectivity index (χ4v) is 2.22. The van der Waals surface area contributed by atoms with Crippen molar-refractivity contribution in [3.63, 3.8) is 0 Å². The first-order valence-corrected chi connectivity index (χ1v) is 4.76. The van der Waals surface area contributed by atoms with Crippen LogP contribution in [0.25, 0.3) is 0 Å². The second-order valence-electron chi connectivity index (χ2n) is 2.64. The standard InChI is InChI=1S/C10H10S/c1-2-5-9(6-3-1)10-7-4-8-11-10/h1-6,8,10H,7H2. The predicted molar refractivity (Wildman–Crippen MR) is 50.5 cm³/mol. The molecule has 2 rings (SSSR count). The smallest absolute Gasteiger partial charge is 0.0373 e. The molecule has 1 aromatic carbocycles. The van der Waals surface area contributed by atoms with Crippen LogP contribution in [0, 0.1) is 0 Å². The summed E-state index contributed by atoms with van der Waals surface area (Å²) in [5.74, 6) is 0. The lowest BCUT2D eigenvalue weighted by Crippen LogP contribution is -1.86.